The fourth-order valence-corrected chi connectivity index (χ4v) is 0.802. The Labute approximate surface area is 76.4 Å². The van der Waals surface area contributed by atoms with E-state index in [0.29, 0.717) is 19.6 Å². The Hall–Kier alpha value is -0.710. The van der Waals surface area contributed by atoms with Gasteiger partial charge in [-0.15, -0.1) is 0 Å². The second kappa shape index (κ2) is 7.91. The Balaban J connectivity index is 3.11. The first-order chi connectivity index (χ1) is 6.16. The molecule has 0 aromatic heterocycles. The lowest BCUT2D eigenvalue weighted by Gasteiger charge is -2.03. The summed E-state index contributed by atoms with van der Waals surface area (Å²) >= 11 is 0. The van der Waals surface area contributed by atoms with E-state index < -0.39 is 6.43 Å². The van der Waals surface area contributed by atoms with Crippen molar-refractivity contribution in [3.05, 3.63) is 0 Å². The normalized spacial score (nSPS) is 10.5. The van der Waals surface area contributed by atoms with Crippen molar-refractivity contribution in [2.24, 2.45) is 0 Å². The van der Waals surface area contributed by atoms with Crippen LogP contribution in [0.5, 0.6) is 0 Å². The summed E-state index contributed by atoms with van der Waals surface area (Å²) in [4.78, 5) is 10.7. The number of esters is 1. The maximum absolute atomic E-state index is 11.6. The summed E-state index contributed by atoms with van der Waals surface area (Å²) in [5.74, 6) is -0.277. The summed E-state index contributed by atoms with van der Waals surface area (Å²) in [5.41, 5.74) is 0. The van der Waals surface area contributed by atoms with Crippen molar-refractivity contribution in [3.8, 4) is 0 Å². The quantitative estimate of drug-likeness (QED) is 0.489. The molecule has 0 aliphatic carbocycles. The van der Waals surface area contributed by atoms with Gasteiger partial charge in [-0.05, 0) is 19.9 Å². The molecule has 0 atom stereocenters. The van der Waals surface area contributed by atoms with Gasteiger partial charge in [0.1, 0.15) is 0 Å². The lowest BCUT2D eigenvalue weighted by atomic mass is 10.3. The number of halogens is 2. The van der Waals surface area contributed by atoms with Crippen LogP contribution in [0.15, 0.2) is 0 Å². The van der Waals surface area contributed by atoms with E-state index in [0.717, 1.165) is 0 Å². The Morgan fingerprint density at radius 2 is 2.23 bits per heavy atom. The van der Waals surface area contributed by atoms with Gasteiger partial charge >= 0.3 is 5.97 Å². The van der Waals surface area contributed by atoms with Crippen molar-refractivity contribution in [1.82, 2.24) is 5.32 Å². The van der Waals surface area contributed by atoms with Gasteiger partial charge in [-0.2, -0.15) is 0 Å². The number of carbonyl (C=O) groups is 1. The predicted octanol–water partition coefficient (Wildman–Crippen LogP) is 1.18. The highest BCUT2D eigenvalue weighted by Gasteiger charge is 2.02. The largest absolute Gasteiger partial charge is 0.466 e. The summed E-state index contributed by atoms with van der Waals surface area (Å²) in [6, 6.07) is 0. The minimum atomic E-state index is -2.33. The number of nitrogens with one attached hydrogen (secondary N) is 1. The molecule has 0 unspecified atom stereocenters. The van der Waals surface area contributed by atoms with E-state index >= 15 is 0 Å². The van der Waals surface area contributed by atoms with E-state index in [9.17, 15) is 13.6 Å². The third-order valence-corrected chi connectivity index (χ3v) is 1.34. The fraction of sp³-hybridized carbons (Fsp3) is 0.875. The number of rotatable bonds is 7. The SMILES string of the molecule is CCOC(=O)CCCNCC(F)F. The molecule has 13 heavy (non-hydrogen) atoms. The first-order valence-corrected chi connectivity index (χ1v) is 4.31. The zero-order valence-electron chi connectivity index (χ0n) is 7.69. The van der Waals surface area contributed by atoms with Crippen molar-refractivity contribution in [1.29, 1.82) is 0 Å². The van der Waals surface area contributed by atoms with E-state index in [1.807, 2.05) is 0 Å². The lowest BCUT2D eigenvalue weighted by molar-refractivity contribution is -0.143. The maximum atomic E-state index is 11.6. The molecule has 78 valence electrons. The van der Waals surface area contributed by atoms with Gasteiger partial charge in [0.15, 0.2) is 0 Å². The second-order valence-electron chi connectivity index (χ2n) is 2.50. The number of ether oxygens (including phenoxy) is 1. The number of alkyl halides is 2. The second-order valence-corrected chi connectivity index (χ2v) is 2.50. The van der Waals surface area contributed by atoms with Crippen molar-refractivity contribution in [2.75, 3.05) is 19.7 Å². The van der Waals surface area contributed by atoms with E-state index in [1.54, 1.807) is 6.92 Å². The van der Waals surface area contributed by atoms with Gasteiger partial charge in [-0.3, -0.25) is 4.79 Å². The molecule has 0 saturated carbocycles. The predicted molar refractivity (Wildman–Crippen MR) is 44.7 cm³/mol. The molecule has 0 fully saturated rings. The summed E-state index contributed by atoms with van der Waals surface area (Å²) in [6.45, 7) is 2.20. The number of hydrogen-bond donors (Lipinski definition) is 1. The zero-order chi connectivity index (χ0) is 10.1. The average molecular weight is 195 g/mol. The molecule has 0 amide bonds. The van der Waals surface area contributed by atoms with Crippen LogP contribution in [0, 0.1) is 0 Å². The van der Waals surface area contributed by atoms with Crippen molar-refractivity contribution >= 4 is 5.97 Å². The van der Waals surface area contributed by atoms with Crippen molar-refractivity contribution in [3.63, 3.8) is 0 Å². The summed E-state index contributed by atoms with van der Waals surface area (Å²) in [6.07, 6.45) is -1.52. The molecule has 0 rings (SSSR count). The van der Waals surface area contributed by atoms with Crippen LogP contribution in [0.1, 0.15) is 19.8 Å². The van der Waals surface area contributed by atoms with Crippen LogP contribution < -0.4 is 5.32 Å². The first-order valence-electron chi connectivity index (χ1n) is 4.31. The van der Waals surface area contributed by atoms with Crippen LogP contribution in [0.25, 0.3) is 0 Å². The van der Waals surface area contributed by atoms with Crippen LogP contribution in [0.3, 0.4) is 0 Å². The van der Waals surface area contributed by atoms with Gasteiger partial charge in [-0.1, -0.05) is 0 Å². The first kappa shape index (κ1) is 12.3. The highest BCUT2D eigenvalue weighted by Crippen LogP contribution is 1.92. The molecule has 5 heteroatoms. The van der Waals surface area contributed by atoms with Gasteiger partial charge in [0, 0.05) is 6.42 Å². The zero-order valence-corrected chi connectivity index (χ0v) is 7.69. The molecule has 0 radical (unpaired) electrons. The molecular formula is C8H15F2NO2. The Bertz CT molecular complexity index is 142. The Morgan fingerprint density at radius 1 is 1.54 bits per heavy atom. The summed E-state index contributed by atoms with van der Waals surface area (Å²) in [5, 5.41) is 2.52. The highest BCUT2D eigenvalue weighted by molar-refractivity contribution is 5.69. The van der Waals surface area contributed by atoms with E-state index in [-0.39, 0.29) is 18.9 Å². The molecule has 0 aliphatic rings. The van der Waals surface area contributed by atoms with E-state index in [2.05, 4.69) is 10.1 Å². The van der Waals surface area contributed by atoms with Crippen LogP contribution in [-0.2, 0) is 9.53 Å². The Morgan fingerprint density at radius 3 is 2.77 bits per heavy atom. The third kappa shape index (κ3) is 9.20. The highest BCUT2D eigenvalue weighted by atomic mass is 19.3. The molecule has 0 heterocycles. The third-order valence-electron chi connectivity index (χ3n) is 1.34. The van der Waals surface area contributed by atoms with Crippen LogP contribution in [0.4, 0.5) is 8.78 Å². The molecule has 0 spiro atoms. The molecule has 0 aromatic rings. The lowest BCUT2D eigenvalue weighted by Crippen LogP contribution is -2.22. The minimum absolute atomic E-state index is 0.277. The van der Waals surface area contributed by atoms with Crippen LogP contribution >= 0.6 is 0 Å². The molecule has 0 aromatic carbocycles. The van der Waals surface area contributed by atoms with Crippen molar-refractivity contribution in [2.45, 2.75) is 26.2 Å². The topological polar surface area (TPSA) is 38.3 Å². The molecule has 1 N–H and O–H groups in total. The molecular weight excluding hydrogens is 180 g/mol. The molecule has 0 bridgehead atoms. The number of hydrogen-bond acceptors (Lipinski definition) is 3. The van der Waals surface area contributed by atoms with E-state index in [4.69, 9.17) is 0 Å². The standard InChI is InChI=1S/C8H15F2NO2/c1-2-13-8(12)4-3-5-11-6-7(9)10/h7,11H,2-6H2,1H3. The maximum Gasteiger partial charge on any atom is 0.305 e. The van der Waals surface area contributed by atoms with Crippen LogP contribution in [0.2, 0.25) is 0 Å². The average Bonchev–Trinajstić information content (AvgIpc) is 2.03. The molecule has 0 aliphatic heterocycles. The number of carbonyl (C=O) groups excluding carboxylic acids is 1. The fourth-order valence-electron chi connectivity index (χ4n) is 0.802. The van der Waals surface area contributed by atoms with Gasteiger partial charge in [-0.25, -0.2) is 8.78 Å². The molecule has 0 saturated heterocycles. The van der Waals surface area contributed by atoms with Crippen LogP contribution in [-0.4, -0.2) is 32.1 Å². The summed E-state index contributed by atoms with van der Waals surface area (Å²) in [7, 11) is 0. The van der Waals surface area contributed by atoms with Crippen molar-refractivity contribution < 1.29 is 18.3 Å². The van der Waals surface area contributed by atoms with E-state index in [1.165, 1.54) is 0 Å². The van der Waals surface area contributed by atoms with Gasteiger partial charge in [0.05, 0.1) is 13.2 Å². The minimum Gasteiger partial charge on any atom is -0.466 e. The smallest absolute Gasteiger partial charge is 0.305 e. The van der Waals surface area contributed by atoms with Gasteiger partial charge in [0.2, 0.25) is 0 Å². The monoisotopic (exact) mass is 195 g/mol. The van der Waals surface area contributed by atoms with Gasteiger partial charge < -0.3 is 10.1 Å². The molecule has 3 nitrogen and oxygen atoms in total. The van der Waals surface area contributed by atoms with Gasteiger partial charge in [0.25, 0.3) is 6.43 Å². The summed E-state index contributed by atoms with van der Waals surface area (Å²) < 4.78 is 27.8. The Kier molecular flexibility index (Phi) is 7.48.